The van der Waals surface area contributed by atoms with Crippen molar-refractivity contribution in [3.8, 4) is 11.8 Å². The lowest BCUT2D eigenvalue weighted by Crippen LogP contribution is -2.35. The van der Waals surface area contributed by atoms with Crippen LogP contribution in [-0.2, 0) is 11.3 Å². The third-order valence-corrected chi connectivity index (χ3v) is 5.27. The molecule has 2 N–H and O–H groups in total. The maximum atomic E-state index is 11.8. The topological polar surface area (TPSA) is 83.3 Å². The van der Waals surface area contributed by atoms with Crippen molar-refractivity contribution in [1.29, 1.82) is 0 Å². The zero-order valence-electron chi connectivity index (χ0n) is 16.9. The summed E-state index contributed by atoms with van der Waals surface area (Å²) in [6.07, 6.45) is 8.31. The number of carbonyl (C=O) groups excluding carboxylic acids is 1. The quantitative estimate of drug-likeness (QED) is 0.592. The van der Waals surface area contributed by atoms with E-state index in [1.54, 1.807) is 43.4 Å². The normalized spacial score (nSPS) is 21.2. The number of pyridine rings is 1. The maximum Gasteiger partial charge on any atom is 0.243 e. The van der Waals surface area contributed by atoms with Gasteiger partial charge in [0.15, 0.2) is 0 Å². The van der Waals surface area contributed by atoms with E-state index in [-0.39, 0.29) is 18.5 Å². The number of anilines is 1. The van der Waals surface area contributed by atoms with Crippen LogP contribution in [0.3, 0.4) is 0 Å². The number of halogens is 1. The monoisotopic (exact) mass is 415 g/mol. The largest absolute Gasteiger partial charge is 0.390 e. The van der Waals surface area contributed by atoms with Crippen molar-refractivity contribution in [3.05, 3.63) is 40.9 Å². The fraction of sp³-hybridized carbons (Fsp3) is 0.476. The summed E-state index contributed by atoms with van der Waals surface area (Å²) in [7, 11) is 3.42. The first kappa shape index (κ1) is 21.2. The molecule has 154 valence electrons. The van der Waals surface area contributed by atoms with E-state index in [0.29, 0.717) is 10.7 Å². The molecule has 0 aromatic carbocycles. The van der Waals surface area contributed by atoms with Crippen LogP contribution in [0.4, 0.5) is 5.69 Å². The summed E-state index contributed by atoms with van der Waals surface area (Å²) in [5, 5.41) is 18.2. The minimum atomic E-state index is -0.579. The summed E-state index contributed by atoms with van der Waals surface area (Å²) in [5.41, 5.74) is 1.71. The highest BCUT2D eigenvalue weighted by molar-refractivity contribution is 6.29. The van der Waals surface area contributed by atoms with Gasteiger partial charge in [0, 0.05) is 32.5 Å². The minimum absolute atomic E-state index is 0.0348. The predicted octanol–water partition coefficient (Wildman–Crippen LogP) is 2.53. The number of likely N-dealkylation sites (N-methyl/N-ethyl adjacent to an activating group) is 1. The Morgan fingerprint density at radius 3 is 2.79 bits per heavy atom. The number of nitrogens with one attached hydrogen (secondary N) is 1. The van der Waals surface area contributed by atoms with Crippen LogP contribution in [0.1, 0.15) is 43.7 Å². The molecule has 7 nitrogen and oxygen atoms in total. The maximum absolute atomic E-state index is 11.8. The number of amides is 1. The average molecular weight is 416 g/mol. The summed E-state index contributed by atoms with van der Waals surface area (Å²) in [6, 6.07) is 2.03. The molecule has 2 heterocycles. The van der Waals surface area contributed by atoms with E-state index in [1.807, 2.05) is 6.92 Å². The second kappa shape index (κ2) is 8.85. The lowest BCUT2D eigenvalue weighted by atomic mass is 9.83. The zero-order chi connectivity index (χ0) is 21.0. The lowest BCUT2D eigenvalue weighted by Gasteiger charge is -2.34. The molecule has 0 spiro atoms. The van der Waals surface area contributed by atoms with Gasteiger partial charge in [-0.3, -0.25) is 9.48 Å². The van der Waals surface area contributed by atoms with E-state index < -0.39 is 5.60 Å². The molecule has 2 aromatic rings. The van der Waals surface area contributed by atoms with Gasteiger partial charge in [-0.1, -0.05) is 23.4 Å². The van der Waals surface area contributed by atoms with Crippen molar-refractivity contribution in [1.82, 2.24) is 19.7 Å². The smallest absolute Gasteiger partial charge is 0.243 e. The summed E-state index contributed by atoms with van der Waals surface area (Å²) in [4.78, 5) is 17.5. The summed E-state index contributed by atoms with van der Waals surface area (Å²) < 4.78 is 1.57. The number of hydrogen-bond acceptors (Lipinski definition) is 5. The zero-order valence-corrected chi connectivity index (χ0v) is 17.7. The van der Waals surface area contributed by atoms with Crippen molar-refractivity contribution in [2.45, 2.75) is 50.8 Å². The molecule has 1 aliphatic rings. The molecule has 0 bridgehead atoms. The first-order valence-corrected chi connectivity index (χ1v) is 9.99. The van der Waals surface area contributed by atoms with Crippen molar-refractivity contribution in [3.63, 3.8) is 0 Å². The average Bonchev–Trinajstić information content (AvgIpc) is 3.10. The third-order valence-electron chi connectivity index (χ3n) is 5.06. The van der Waals surface area contributed by atoms with Crippen LogP contribution in [0, 0.1) is 11.8 Å². The molecule has 8 heteroatoms. The number of aromatic nitrogens is 3. The highest BCUT2D eigenvalue weighted by atomic mass is 35.5. The molecule has 1 saturated carbocycles. The Morgan fingerprint density at radius 2 is 2.10 bits per heavy atom. The van der Waals surface area contributed by atoms with E-state index in [2.05, 4.69) is 27.2 Å². The molecule has 1 fully saturated rings. The third kappa shape index (κ3) is 5.96. The van der Waals surface area contributed by atoms with Crippen molar-refractivity contribution >= 4 is 23.2 Å². The van der Waals surface area contributed by atoms with Crippen LogP contribution >= 0.6 is 11.6 Å². The van der Waals surface area contributed by atoms with E-state index in [0.717, 1.165) is 36.9 Å². The van der Waals surface area contributed by atoms with Crippen molar-refractivity contribution in [2.24, 2.45) is 0 Å². The van der Waals surface area contributed by atoms with Gasteiger partial charge >= 0.3 is 0 Å². The summed E-state index contributed by atoms with van der Waals surface area (Å²) in [6.45, 7) is 2.06. The Kier molecular flexibility index (Phi) is 6.46. The Morgan fingerprint density at radius 1 is 1.38 bits per heavy atom. The summed E-state index contributed by atoms with van der Waals surface area (Å²) in [5.74, 6) is 6.16. The molecule has 1 aliphatic carbocycles. The second-order valence-corrected chi connectivity index (χ2v) is 8.32. The highest BCUT2D eigenvalue weighted by Crippen LogP contribution is 2.30. The second-order valence-electron chi connectivity index (χ2n) is 7.93. The van der Waals surface area contributed by atoms with E-state index in [4.69, 9.17) is 11.6 Å². The Labute approximate surface area is 176 Å². The van der Waals surface area contributed by atoms with Gasteiger partial charge in [-0.05, 0) is 38.7 Å². The molecule has 3 rings (SSSR count). The highest BCUT2D eigenvalue weighted by Gasteiger charge is 2.28. The predicted molar refractivity (Wildman–Crippen MR) is 113 cm³/mol. The fourth-order valence-electron chi connectivity index (χ4n) is 3.19. The van der Waals surface area contributed by atoms with Gasteiger partial charge < -0.3 is 15.3 Å². The number of carbonyl (C=O) groups is 1. The molecular formula is C21H26ClN5O2. The molecule has 0 atom stereocenters. The number of nitrogens with zero attached hydrogens (tertiary/aromatic N) is 4. The molecular weight excluding hydrogens is 390 g/mol. The molecule has 0 aliphatic heterocycles. The minimum Gasteiger partial charge on any atom is -0.390 e. The van der Waals surface area contributed by atoms with Gasteiger partial charge in [-0.15, -0.1) is 0 Å². The molecule has 0 radical (unpaired) electrons. The van der Waals surface area contributed by atoms with Gasteiger partial charge in [-0.2, -0.15) is 5.10 Å². The molecule has 2 aromatic heterocycles. The van der Waals surface area contributed by atoms with Crippen molar-refractivity contribution < 1.29 is 9.90 Å². The van der Waals surface area contributed by atoms with E-state index >= 15 is 0 Å². The Bertz CT molecular complexity index is 932. The van der Waals surface area contributed by atoms with Gasteiger partial charge in [0.2, 0.25) is 5.91 Å². The van der Waals surface area contributed by atoms with Crippen LogP contribution in [-0.4, -0.2) is 56.4 Å². The van der Waals surface area contributed by atoms with Crippen LogP contribution < -0.4 is 5.32 Å². The van der Waals surface area contributed by atoms with Crippen LogP contribution in [0.2, 0.25) is 5.15 Å². The van der Waals surface area contributed by atoms with Crippen LogP contribution in [0.15, 0.2) is 24.7 Å². The lowest BCUT2D eigenvalue weighted by molar-refractivity contribution is -0.129. The SMILES string of the molecule is CN(C)C(=O)Cn1cc(C#Cc2cnc(Cl)cc2NC2CCC(C)(O)CC2)cn1. The first-order valence-electron chi connectivity index (χ1n) is 9.61. The van der Waals surface area contributed by atoms with Gasteiger partial charge in [-0.25, -0.2) is 4.98 Å². The van der Waals surface area contributed by atoms with Gasteiger partial charge in [0.05, 0.1) is 28.6 Å². The number of hydrogen-bond donors (Lipinski definition) is 2. The first-order chi connectivity index (χ1) is 13.7. The summed E-state index contributed by atoms with van der Waals surface area (Å²) >= 11 is 6.09. The van der Waals surface area contributed by atoms with Crippen LogP contribution in [0.25, 0.3) is 0 Å². The fourth-order valence-corrected chi connectivity index (χ4v) is 3.34. The number of aliphatic hydroxyl groups is 1. The number of rotatable bonds is 4. The van der Waals surface area contributed by atoms with Gasteiger partial charge in [0.25, 0.3) is 0 Å². The Hall–Kier alpha value is -2.56. The molecule has 29 heavy (non-hydrogen) atoms. The molecule has 0 unspecified atom stereocenters. The molecule has 0 saturated heterocycles. The van der Waals surface area contributed by atoms with Crippen LogP contribution in [0.5, 0.6) is 0 Å². The Balaban J connectivity index is 1.72. The van der Waals surface area contributed by atoms with E-state index in [1.165, 1.54) is 4.90 Å². The van der Waals surface area contributed by atoms with E-state index in [9.17, 15) is 9.90 Å². The standard InChI is InChI=1S/C21H26ClN5O2/c1-21(29)8-6-17(7-9-21)25-18-10-19(22)23-12-16(18)5-4-15-11-24-27(13-15)14-20(28)26(2)3/h10-13,17,29H,6-9,14H2,1-3H3,(H,23,25). The molecule has 1 amide bonds. The van der Waals surface area contributed by atoms with Gasteiger partial charge in [0.1, 0.15) is 11.7 Å². The van der Waals surface area contributed by atoms with Crippen molar-refractivity contribution in [2.75, 3.05) is 19.4 Å².